The molecule has 78 valence electrons. The Bertz CT molecular complexity index is 119. The Morgan fingerprint density at radius 2 is 2.23 bits per heavy atom. The number of nitrogens with two attached hydrogens (primary N) is 1. The molecular weight excluding hydrogens is 336 g/mol. The minimum absolute atomic E-state index is 0. The number of hydrogen-bond donors (Lipinski definition) is 2. The Kier molecular flexibility index (Phi) is 17.6. The van der Waals surface area contributed by atoms with Crippen LogP contribution in [0, 0.1) is 19.9 Å². The van der Waals surface area contributed by atoms with Gasteiger partial charge in [0.2, 0.25) is 0 Å². The summed E-state index contributed by atoms with van der Waals surface area (Å²) in [5.41, 5.74) is 5.23. The van der Waals surface area contributed by atoms with Crippen molar-refractivity contribution in [3.63, 3.8) is 0 Å². The number of carbonyl (C=O) groups excluding carboxylic acids is 1. The van der Waals surface area contributed by atoms with E-state index in [1.807, 2.05) is 6.92 Å². The summed E-state index contributed by atoms with van der Waals surface area (Å²) < 4.78 is 6.89. The smallest absolute Gasteiger partial charge is 0.473 e. The number of Topliss-reactive ketones (excluding diaryl/α,β-unsaturated/α-hetero) is 1. The van der Waals surface area contributed by atoms with Gasteiger partial charge in [0.05, 0.1) is 0 Å². The van der Waals surface area contributed by atoms with E-state index in [0.717, 1.165) is 6.54 Å². The van der Waals surface area contributed by atoms with Crippen molar-refractivity contribution >= 4 is 5.78 Å². The quantitative estimate of drug-likeness (QED) is 0.731. The molecule has 0 saturated heterocycles. The molecule has 13 heavy (non-hydrogen) atoms. The van der Waals surface area contributed by atoms with Crippen LogP contribution in [0.5, 0.6) is 0 Å². The number of rotatable bonds is 4. The van der Waals surface area contributed by atoms with Crippen molar-refractivity contribution in [2.24, 2.45) is 11.7 Å². The summed E-state index contributed by atoms with van der Waals surface area (Å²) in [6.45, 7) is 6.79. The molecular formula is C9H20N2OW. The maximum absolute atomic E-state index is 10.3. The zero-order valence-corrected chi connectivity index (χ0v) is 11.1. The largest absolute Gasteiger partial charge is 2.00 e. The van der Waals surface area contributed by atoms with Crippen LogP contribution >= 0.6 is 0 Å². The second kappa shape index (κ2) is 14.7. The van der Waals surface area contributed by atoms with E-state index in [9.17, 15) is 4.79 Å². The molecule has 0 aliphatic carbocycles. The van der Waals surface area contributed by atoms with Crippen LogP contribution in [-0.4, -0.2) is 18.9 Å². The maximum Gasteiger partial charge on any atom is 2.00 e. The van der Waals surface area contributed by atoms with E-state index in [1.165, 1.54) is 0 Å². The van der Waals surface area contributed by atoms with Gasteiger partial charge in [-0.05, 0) is 31.2 Å². The molecule has 3 nitrogen and oxygen atoms in total. The van der Waals surface area contributed by atoms with Crippen LogP contribution in [0.15, 0.2) is 0 Å². The molecule has 0 aromatic carbocycles. The Balaban J connectivity index is -0.000000209. The molecule has 0 amide bonds. The molecule has 0 fully saturated rings. The topological polar surface area (TPSA) is 55.1 Å². The predicted molar refractivity (Wildman–Crippen MR) is 52.2 cm³/mol. The van der Waals surface area contributed by atoms with Crippen LogP contribution < -0.4 is 11.1 Å². The van der Waals surface area contributed by atoms with Crippen LogP contribution in [0.25, 0.3) is 0 Å². The molecule has 0 saturated carbocycles. The van der Waals surface area contributed by atoms with Gasteiger partial charge in [-0.2, -0.15) is 0 Å². The van der Waals surface area contributed by atoms with Gasteiger partial charge in [0, 0.05) is 1.37 Å². The fourth-order valence-electron chi connectivity index (χ4n) is 0.405. The van der Waals surface area contributed by atoms with Crippen molar-refractivity contribution < 1.29 is 27.2 Å². The number of hydrogen-bond acceptors (Lipinski definition) is 3. The van der Waals surface area contributed by atoms with Crippen molar-refractivity contribution in [1.29, 1.82) is 0 Å². The van der Waals surface area contributed by atoms with Gasteiger partial charge in [-0.3, -0.25) is 7.05 Å². The fraction of sp³-hybridized carbons (Fsp3) is 0.667. The molecule has 0 spiro atoms. The zero-order valence-electron chi connectivity index (χ0n) is 9.21. The molecule has 0 heterocycles. The van der Waals surface area contributed by atoms with E-state index >= 15 is 0 Å². The van der Waals surface area contributed by atoms with Crippen molar-refractivity contribution in [2.75, 3.05) is 13.1 Å². The molecule has 0 aromatic rings. The number of ketones is 1. The molecule has 0 radical (unpaired) electrons. The molecule has 0 bridgehead atoms. The van der Waals surface area contributed by atoms with Crippen molar-refractivity contribution in [3.8, 4) is 0 Å². The van der Waals surface area contributed by atoms with E-state index < -0.39 is 0 Å². The maximum atomic E-state index is 10.3. The summed E-state index contributed by atoms with van der Waals surface area (Å²) >= 11 is 0. The molecule has 1 unspecified atom stereocenters. The Hall–Kier alpha value is 0.148. The third-order valence-corrected chi connectivity index (χ3v) is 1.10. The standard InChI is InChI=1S/C6H12NO.C3H8N.W/c1-5(4-7)3-6(2)8;1-3-4-2;/h5H,2-4,7H2,1H3;4H,2-3H2,1H3;/q2*-1;+2/i1D;;. The molecule has 0 rings (SSSR count). The van der Waals surface area contributed by atoms with Gasteiger partial charge in [-0.25, -0.2) is 0 Å². The van der Waals surface area contributed by atoms with Gasteiger partial charge in [-0.1, -0.05) is 13.8 Å². The van der Waals surface area contributed by atoms with Crippen molar-refractivity contribution in [1.82, 2.24) is 5.32 Å². The second-order valence-corrected chi connectivity index (χ2v) is 2.45. The van der Waals surface area contributed by atoms with Gasteiger partial charge in [0.25, 0.3) is 0 Å². The van der Waals surface area contributed by atoms with Gasteiger partial charge < -0.3 is 22.8 Å². The monoisotopic (exact) mass is 357 g/mol. The molecule has 0 aliphatic heterocycles. The SMILES string of the molecule is [2H]CC(CN)CC([CH2-])=O.[CH2-]NCC.[W+2]. The van der Waals surface area contributed by atoms with E-state index in [4.69, 9.17) is 7.10 Å². The van der Waals surface area contributed by atoms with Gasteiger partial charge in [0.15, 0.2) is 0 Å². The Labute approximate surface area is 97.5 Å². The van der Waals surface area contributed by atoms with Crippen molar-refractivity contribution in [2.45, 2.75) is 20.2 Å². The zero-order chi connectivity index (χ0) is 10.7. The summed E-state index contributed by atoms with van der Waals surface area (Å²) in [4.78, 5) is 10.3. The first-order valence-corrected chi connectivity index (χ1v) is 3.96. The average molecular weight is 357 g/mol. The molecule has 1 atom stereocenters. The minimum atomic E-state index is -0.127. The normalized spacial score (nSPS) is 11.5. The summed E-state index contributed by atoms with van der Waals surface area (Å²) in [6.07, 6.45) is 0.347. The van der Waals surface area contributed by atoms with Gasteiger partial charge in [0.1, 0.15) is 0 Å². The van der Waals surface area contributed by atoms with E-state index in [0.29, 0.717) is 13.0 Å². The first-order valence-electron chi connectivity index (χ1n) is 4.67. The first kappa shape index (κ1) is 15.6. The first-order chi connectivity index (χ1) is 6.12. The molecule has 0 aromatic heterocycles. The summed E-state index contributed by atoms with van der Waals surface area (Å²) in [5.74, 6) is -0.118. The van der Waals surface area contributed by atoms with Crippen LogP contribution in [-0.2, 0) is 25.9 Å². The van der Waals surface area contributed by atoms with Gasteiger partial charge in [-0.15, -0.1) is 0 Å². The Morgan fingerprint density at radius 1 is 1.77 bits per heavy atom. The van der Waals surface area contributed by atoms with Crippen LogP contribution in [0.2, 0.25) is 0 Å². The van der Waals surface area contributed by atoms with E-state index in [-0.39, 0.29) is 39.7 Å². The van der Waals surface area contributed by atoms with Crippen molar-refractivity contribution in [3.05, 3.63) is 14.0 Å². The van der Waals surface area contributed by atoms with Crippen LogP contribution in [0.3, 0.4) is 0 Å². The third-order valence-electron chi connectivity index (χ3n) is 1.10. The van der Waals surface area contributed by atoms with E-state index in [1.54, 1.807) is 0 Å². The summed E-state index contributed by atoms with van der Waals surface area (Å²) in [6, 6.07) is 0. The van der Waals surface area contributed by atoms with Gasteiger partial charge >= 0.3 is 21.1 Å². The van der Waals surface area contributed by atoms with Crippen LogP contribution in [0.1, 0.15) is 21.6 Å². The third kappa shape index (κ3) is 24.5. The number of nitrogens with one attached hydrogen (secondary N) is 1. The summed E-state index contributed by atoms with van der Waals surface area (Å²) in [7, 11) is 3.35. The fourth-order valence-corrected chi connectivity index (χ4v) is 0.405. The van der Waals surface area contributed by atoms with E-state index in [2.05, 4.69) is 19.3 Å². The minimum Gasteiger partial charge on any atom is -0.473 e. The molecule has 0 aliphatic rings. The predicted octanol–water partition coefficient (Wildman–Crippen LogP) is 0.759. The average Bonchev–Trinajstić information content (AvgIpc) is 2.14. The van der Waals surface area contributed by atoms with Crippen LogP contribution in [0.4, 0.5) is 0 Å². The summed E-state index contributed by atoms with van der Waals surface area (Å²) in [5, 5.41) is 2.68. The second-order valence-electron chi connectivity index (χ2n) is 2.45. The Morgan fingerprint density at radius 3 is 2.31 bits per heavy atom. The molecule has 4 heteroatoms. The number of carbonyl (C=O) groups is 1. The molecule has 3 N–H and O–H groups in total.